The molecule has 2 aromatic heterocycles. The van der Waals surface area contributed by atoms with Crippen LogP contribution in [-0.2, 0) is 19.3 Å². The SMILES string of the molecule is CC(C)(S)Cc1cnc(CC(C)(S)Cc2cc[nH]c2)[nH]1. The van der Waals surface area contributed by atoms with Crippen LogP contribution in [0.5, 0.6) is 0 Å². The van der Waals surface area contributed by atoms with E-state index in [4.69, 9.17) is 12.6 Å². The second kappa shape index (κ2) is 5.90. The zero-order valence-electron chi connectivity index (χ0n) is 12.3. The van der Waals surface area contributed by atoms with Crippen LogP contribution in [-0.4, -0.2) is 24.4 Å². The quantitative estimate of drug-likeness (QED) is 0.607. The number of thiol groups is 2. The van der Waals surface area contributed by atoms with E-state index >= 15 is 0 Å². The van der Waals surface area contributed by atoms with Crippen molar-refractivity contribution in [2.75, 3.05) is 0 Å². The van der Waals surface area contributed by atoms with Crippen LogP contribution in [0.4, 0.5) is 0 Å². The smallest absolute Gasteiger partial charge is 0.107 e. The Labute approximate surface area is 131 Å². The maximum absolute atomic E-state index is 4.79. The van der Waals surface area contributed by atoms with Crippen LogP contribution in [0.1, 0.15) is 37.9 Å². The molecule has 0 aliphatic heterocycles. The van der Waals surface area contributed by atoms with Gasteiger partial charge in [-0.15, -0.1) is 0 Å². The van der Waals surface area contributed by atoms with Crippen molar-refractivity contribution in [2.45, 2.75) is 49.5 Å². The maximum Gasteiger partial charge on any atom is 0.107 e. The first kappa shape index (κ1) is 15.6. The normalized spacial score (nSPS) is 15.2. The van der Waals surface area contributed by atoms with Gasteiger partial charge in [-0.2, -0.15) is 25.3 Å². The topological polar surface area (TPSA) is 44.5 Å². The van der Waals surface area contributed by atoms with Crippen molar-refractivity contribution in [1.82, 2.24) is 15.0 Å². The summed E-state index contributed by atoms with van der Waals surface area (Å²) in [7, 11) is 0. The fourth-order valence-corrected chi connectivity index (χ4v) is 2.89. The molecular formula is C15H23N3S2. The highest BCUT2D eigenvalue weighted by molar-refractivity contribution is 7.82. The van der Waals surface area contributed by atoms with Gasteiger partial charge in [-0.05, 0) is 25.0 Å². The number of hydrogen-bond acceptors (Lipinski definition) is 3. The summed E-state index contributed by atoms with van der Waals surface area (Å²) < 4.78 is -0.146. The van der Waals surface area contributed by atoms with Crippen LogP contribution in [0.25, 0.3) is 0 Å². The van der Waals surface area contributed by atoms with Gasteiger partial charge in [0.25, 0.3) is 0 Å². The first-order valence-electron chi connectivity index (χ1n) is 6.83. The zero-order chi connectivity index (χ0) is 14.8. The molecule has 0 fully saturated rings. The zero-order valence-corrected chi connectivity index (χ0v) is 14.1. The van der Waals surface area contributed by atoms with E-state index in [0.29, 0.717) is 0 Å². The molecule has 2 rings (SSSR count). The Morgan fingerprint density at radius 3 is 2.50 bits per heavy atom. The van der Waals surface area contributed by atoms with Crippen molar-refractivity contribution in [3.63, 3.8) is 0 Å². The molecule has 1 unspecified atom stereocenters. The average molecular weight is 310 g/mol. The molecule has 3 nitrogen and oxygen atoms in total. The largest absolute Gasteiger partial charge is 0.367 e. The lowest BCUT2D eigenvalue weighted by Crippen LogP contribution is -2.24. The first-order chi connectivity index (χ1) is 9.23. The van der Waals surface area contributed by atoms with Gasteiger partial charge in [0.05, 0.1) is 0 Å². The van der Waals surface area contributed by atoms with E-state index in [0.717, 1.165) is 30.8 Å². The minimum Gasteiger partial charge on any atom is -0.367 e. The van der Waals surface area contributed by atoms with Crippen LogP contribution in [0, 0.1) is 0 Å². The summed E-state index contributed by atoms with van der Waals surface area (Å²) in [6.07, 6.45) is 8.48. The minimum absolute atomic E-state index is 0.0286. The molecular weight excluding hydrogens is 286 g/mol. The Balaban J connectivity index is 1.98. The molecule has 20 heavy (non-hydrogen) atoms. The fourth-order valence-electron chi connectivity index (χ4n) is 2.38. The van der Waals surface area contributed by atoms with E-state index < -0.39 is 0 Å². The summed E-state index contributed by atoms with van der Waals surface area (Å²) >= 11 is 9.35. The van der Waals surface area contributed by atoms with Gasteiger partial charge in [0.15, 0.2) is 0 Å². The molecule has 5 heteroatoms. The monoisotopic (exact) mass is 309 g/mol. The highest BCUT2D eigenvalue weighted by Gasteiger charge is 2.23. The number of nitrogens with zero attached hydrogens (tertiary/aromatic N) is 1. The molecule has 0 saturated carbocycles. The van der Waals surface area contributed by atoms with E-state index in [-0.39, 0.29) is 9.49 Å². The van der Waals surface area contributed by atoms with E-state index in [1.165, 1.54) is 5.56 Å². The van der Waals surface area contributed by atoms with Crippen LogP contribution >= 0.6 is 25.3 Å². The number of rotatable bonds is 6. The number of imidazole rings is 1. The molecule has 0 aliphatic carbocycles. The molecule has 0 aliphatic rings. The van der Waals surface area contributed by atoms with E-state index in [9.17, 15) is 0 Å². The molecule has 0 amide bonds. The minimum atomic E-state index is -0.117. The number of aromatic amines is 2. The lowest BCUT2D eigenvalue weighted by Gasteiger charge is -2.22. The van der Waals surface area contributed by atoms with Crippen molar-refractivity contribution >= 4 is 25.3 Å². The summed E-state index contributed by atoms with van der Waals surface area (Å²) in [6.45, 7) is 6.35. The summed E-state index contributed by atoms with van der Waals surface area (Å²) in [6, 6.07) is 2.09. The van der Waals surface area contributed by atoms with Crippen LogP contribution in [0.2, 0.25) is 0 Å². The van der Waals surface area contributed by atoms with E-state index in [1.807, 2.05) is 18.6 Å². The molecule has 0 spiro atoms. The van der Waals surface area contributed by atoms with Gasteiger partial charge in [-0.3, -0.25) is 0 Å². The molecule has 110 valence electrons. The molecule has 0 aromatic carbocycles. The van der Waals surface area contributed by atoms with Crippen LogP contribution in [0.3, 0.4) is 0 Å². The third kappa shape index (κ3) is 4.94. The second-order valence-corrected chi connectivity index (χ2v) is 8.70. The highest BCUT2D eigenvalue weighted by Crippen LogP contribution is 2.25. The average Bonchev–Trinajstić information content (AvgIpc) is 2.87. The van der Waals surface area contributed by atoms with Gasteiger partial charge >= 0.3 is 0 Å². The number of H-pyrrole nitrogens is 2. The van der Waals surface area contributed by atoms with Crippen molar-refractivity contribution in [2.24, 2.45) is 0 Å². The van der Waals surface area contributed by atoms with Crippen molar-refractivity contribution in [3.8, 4) is 0 Å². The van der Waals surface area contributed by atoms with E-state index in [2.05, 4.69) is 54.4 Å². The van der Waals surface area contributed by atoms with Gasteiger partial charge < -0.3 is 9.97 Å². The Morgan fingerprint density at radius 2 is 1.90 bits per heavy atom. The molecule has 0 bridgehead atoms. The van der Waals surface area contributed by atoms with Crippen molar-refractivity contribution < 1.29 is 0 Å². The van der Waals surface area contributed by atoms with Crippen molar-refractivity contribution in [1.29, 1.82) is 0 Å². The predicted octanol–water partition coefficient (Wildman–Crippen LogP) is 3.46. The van der Waals surface area contributed by atoms with Crippen LogP contribution < -0.4 is 0 Å². The Hall–Kier alpha value is -0.810. The summed E-state index contributed by atoms with van der Waals surface area (Å²) in [4.78, 5) is 10.9. The third-order valence-corrected chi connectivity index (χ3v) is 3.57. The summed E-state index contributed by atoms with van der Waals surface area (Å²) in [5.74, 6) is 0.991. The highest BCUT2D eigenvalue weighted by atomic mass is 32.1. The molecule has 2 heterocycles. The van der Waals surface area contributed by atoms with Crippen molar-refractivity contribution in [3.05, 3.63) is 41.7 Å². The van der Waals surface area contributed by atoms with Gasteiger partial charge in [0.1, 0.15) is 5.82 Å². The maximum atomic E-state index is 4.79. The molecule has 0 saturated heterocycles. The molecule has 2 N–H and O–H groups in total. The fraction of sp³-hybridized carbons (Fsp3) is 0.533. The van der Waals surface area contributed by atoms with Gasteiger partial charge in [0.2, 0.25) is 0 Å². The van der Waals surface area contributed by atoms with Crippen LogP contribution in [0.15, 0.2) is 24.7 Å². The standard InChI is InChI=1S/C15H23N3S2/c1-14(2,19)7-12-10-17-13(18-12)8-15(3,20)6-11-4-5-16-9-11/h4-5,9-10,16,19-20H,6-8H2,1-3H3,(H,17,18). The summed E-state index contributed by atoms with van der Waals surface area (Å²) in [5, 5.41) is 0. The van der Waals surface area contributed by atoms with E-state index in [1.54, 1.807) is 0 Å². The number of nitrogens with one attached hydrogen (secondary N) is 2. The number of hydrogen-bond donors (Lipinski definition) is 4. The van der Waals surface area contributed by atoms with Gasteiger partial charge in [-0.25, -0.2) is 4.98 Å². The molecule has 0 radical (unpaired) electrons. The summed E-state index contributed by atoms with van der Waals surface area (Å²) in [5.41, 5.74) is 2.40. The molecule has 1 atom stereocenters. The lowest BCUT2D eigenvalue weighted by molar-refractivity contribution is 0.620. The lowest BCUT2D eigenvalue weighted by atomic mass is 9.98. The second-order valence-electron chi connectivity index (χ2n) is 6.41. The third-order valence-electron chi connectivity index (χ3n) is 3.10. The molecule has 2 aromatic rings. The van der Waals surface area contributed by atoms with Gasteiger partial charge in [0, 0.05) is 46.6 Å². The first-order valence-corrected chi connectivity index (χ1v) is 7.72. The Morgan fingerprint density at radius 1 is 1.15 bits per heavy atom. The predicted molar refractivity (Wildman–Crippen MR) is 90.9 cm³/mol. The van der Waals surface area contributed by atoms with Gasteiger partial charge in [-0.1, -0.05) is 13.8 Å². The Bertz CT molecular complexity index is 536. The Kier molecular flexibility index (Phi) is 4.59. The number of aromatic nitrogens is 3.